The number of methoxy groups -OCH3 is 1. The van der Waals surface area contributed by atoms with Gasteiger partial charge in [-0.25, -0.2) is 0 Å². The van der Waals surface area contributed by atoms with E-state index >= 15 is 0 Å². The maximum Gasteiger partial charge on any atom is 0.322 e. The maximum absolute atomic E-state index is 10.7. The fraction of sp³-hybridized carbons (Fsp3) is 0.714. The lowest BCUT2D eigenvalue weighted by Crippen LogP contribution is -2.31. The summed E-state index contributed by atoms with van der Waals surface area (Å²) >= 11 is 0. The predicted molar refractivity (Wildman–Crippen MR) is 41.2 cm³/mol. The summed E-state index contributed by atoms with van der Waals surface area (Å²) in [5.74, 6) is -0.443. The SMILES string of the molecule is COC(=O)[C@H](N)CCCOC=O. The third kappa shape index (κ3) is 4.68. The Morgan fingerprint density at radius 1 is 1.67 bits per heavy atom. The highest BCUT2D eigenvalue weighted by molar-refractivity contribution is 5.75. The van der Waals surface area contributed by atoms with Gasteiger partial charge in [0.15, 0.2) is 0 Å². The Balaban J connectivity index is 3.36. The van der Waals surface area contributed by atoms with Crippen molar-refractivity contribution in [3.05, 3.63) is 0 Å². The monoisotopic (exact) mass is 175 g/mol. The highest BCUT2D eigenvalue weighted by Gasteiger charge is 2.12. The Hall–Kier alpha value is -1.10. The van der Waals surface area contributed by atoms with Crippen LogP contribution < -0.4 is 5.73 Å². The zero-order valence-corrected chi connectivity index (χ0v) is 6.99. The largest absolute Gasteiger partial charge is 0.468 e. The summed E-state index contributed by atoms with van der Waals surface area (Å²) in [4.78, 5) is 20.4. The van der Waals surface area contributed by atoms with E-state index < -0.39 is 12.0 Å². The molecule has 0 rings (SSSR count). The van der Waals surface area contributed by atoms with E-state index in [2.05, 4.69) is 9.47 Å². The van der Waals surface area contributed by atoms with Gasteiger partial charge in [-0.3, -0.25) is 9.59 Å². The molecular weight excluding hydrogens is 162 g/mol. The molecule has 0 radical (unpaired) electrons. The van der Waals surface area contributed by atoms with Gasteiger partial charge < -0.3 is 15.2 Å². The first-order chi connectivity index (χ1) is 5.72. The van der Waals surface area contributed by atoms with Gasteiger partial charge in [0, 0.05) is 0 Å². The van der Waals surface area contributed by atoms with Crippen LogP contribution in [0.1, 0.15) is 12.8 Å². The van der Waals surface area contributed by atoms with Crippen LogP contribution in [0.2, 0.25) is 0 Å². The first-order valence-electron chi connectivity index (χ1n) is 3.61. The molecule has 1 atom stereocenters. The predicted octanol–water partition coefficient (Wildman–Crippen LogP) is -0.560. The molecule has 0 saturated carbocycles. The number of ether oxygens (including phenoxy) is 2. The molecule has 2 N–H and O–H groups in total. The molecule has 0 aromatic carbocycles. The van der Waals surface area contributed by atoms with Crippen LogP contribution in [0.25, 0.3) is 0 Å². The smallest absolute Gasteiger partial charge is 0.322 e. The van der Waals surface area contributed by atoms with E-state index in [1.807, 2.05) is 0 Å². The Bertz CT molecular complexity index is 148. The molecule has 70 valence electrons. The minimum atomic E-state index is -0.620. The van der Waals surface area contributed by atoms with Crippen LogP contribution in [0.3, 0.4) is 0 Å². The van der Waals surface area contributed by atoms with Crippen molar-refractivity contribution < 1.29 is 19.1 Å². The minimum absolute atomic E-state index is 0.286. The van der Waals surface area contributed by atoms with E-state index in [4.69, 9.17) is 5.73 Å². The maximum atomic E-state index is 10.7. The Morgan fingerprint density at radius 2 is 2.33 bits per heavy atom. The number of carbonyl (C=O) groups is 2. The van der Waals surface area contributed by atoms with Gasteiger partial charge in [0.1, 0.15) is 6.04 Å². The Labute approximate surface area is 70.8 Å². The molecule has 0 aromatic heterocycles. The molecular formula is C7H13NO4. The second-order valence-electron chi connectivity index (χ2n) is 2.24. The summed E-state index contributed by atoms with van der Waals surface area (Å²) in [6.07, 6.45) is 1.02. The number of hydrogen-bond acceptors (Lipinski definition) is 5. The van der Waals surface area contributed by atoms with Crippen LogP contribution in [0, 0.1) is 0 Å². The zero-order valence-electron chi connectivity index (χ0n) is 6.99. The first-order valence-corrected chi connectivity index (χ1v) is 3.61. The van der Waals surface area contributed by atoms with Crippen molar-refractivity contribution in [2.75, 3.05) is 13.7 Å². The van der Waals surface area contributed by atoms with Gasteiger partial charge in [0.05, 0.1) is 13.7 Å². The highest BCUT2D eigenvalue weighted by atomic mass is 16.5. The number of esters is 1. The van der Waals surface area contributed by atoms with Gasteiger partial charge in [-0.05, 0) is 12.8 Å². The third-order valence-corrected chi connectivity index (χ3v) is 1.35. The van der Waals surface area contributed by atoms with Crippen LogP contribution in [-0.2, 0) is 19.1 Å². The molecule has 5 nitrogen and oxygen atoms in total. The van der Waals surface area contributed by atoms with Gasteiger partial charge in [-0.2, -0.15) is 0 Å². The summed E-state index contributed by atoms with van der Waals surface area (Å²) in [5, 5.41) is 0. The van der Waals surface area contributed by atoms with Gasteiger partial charge in [-0.1, -0.05) is 0 Å². The van der Waals surface area contributed by atoms with Gasteiger partial charge in [0.2, 0.25) is 0 Å². The second kappa shape index (κ2) is 6.60. The quantitative estimate of drug-likeness (QED) is 0.332. The van der Waals surface area contributed by atoms with E-state index in [-0.39, 0.29) is 6.61 Å². The molecule has 0 saturated heterocycles. The molecule has 0 spiro atoms. The van der Waals surface area contributed by atoms with E-state index in [9.17, 15) is 9.59 Å². The molecule has 0 aromatic rings. The van der Waals surface area contributed by atoms with Crippen molar-refractivity contribution in [1.29, 1.82) is 0 Å². The molecule has 12 heavy (non-hydrogen) atoms. The van der Waals surface area contributed by atoms with Crippen LogP contribution in [0.5, 0.6) is 0 Å². The summed E-state index contributed by atoms with van der Waals surface area (Å²) < 4.78 is 8.80. The third-order valence-electron chi connectivity index (χ3n) is 1.35. The van der Waals surface area contributed by atoms with Gasteiger partial charge >= 0.3 is 5.97 Å². The molecule has 0 unspecified atom stereocenters. The topological polar surface area (TPSA) is 78.6 Å². The van der Waals surface area contributed by atoms with Crippen molar-refractivity contribution >= 4 is 12.4 Å². The van der Waals surface area contributed by atoms with Crippen molar-refractivity contribution in [3.63, 3.8) is 0 Å². The molecule has 0 aliphatic heterocycles. The van der Waals surface area contributed by atoms with E-state index in [0.717, 1.165) is 0 Å². The average Bonchev–Trinajstić information content (AvgIpc) is 2.10. The lowest BCUT2D eigenvalue weighted by atomic mass is 10.2. The van der Waals surface area contributed by atoms with Gasteiger partial charge in [-0.15, -0.1) is 0 Å². The van der Waals surface area contributed by atoms with Crippen LogP contribution in [0.4, 0.5) is 0 Å². The van der Waals surface area contributed by atoms with Crippen molar-refractivity contribution in [2.24, 2.45) is 5.73 Å². The summed E-state index contributed by atoms with van der Waals surface area (Å²) in [5.41, 5.74) is 5.39. The van der Waals surface area contributed by atoms with Crippen molar-refractivity contribution in [3.8, 4) is 0 Å². The standard InChI is InChI=1S/C7H13NO4/c1-11-7(10)6(8)3-2-4-12-5-9/h5-6H,2-4,8H2,1H3/t6-/m1/s1. The molecule has 5 heteroatoms. The average molecular weight is 175 g/mol. The van der Waals surface area contributed by atoms with Crippen molar-refractivity contribution in [1.82, 2.24) is 0 Å². The summed E-state index contributed by atoms with van der Waals surface area (Å²) in [6, 6.07) is -0.620. The van der Waals surface area contributed by atoms with Crippen LogP contribution in [-0.4, -0.2) is 32.2 Å². The highest BCUT2D eigenvalue weighted by Crippen LogP contribution is 1.96. The normalized spacial score (nSPS) is 11.8. The summed E-state index contributed by atoms with van der Waals surface area (Å²) in [7, 11) is 1.28. The molecule has 0 fully saturated rings. The summed E-state index contributed by atoms with van der Waals surface area (Å²) in [6.45, 7) is 0.651. The fourth-order valence-corrected chi connectivity index (χ4v) is 0.704. The Kier molecular flexibility index (Phi) is 6.00. The fourth-order valence-electron chi connectivity index (χ4n) is 0.704. The van der Waals surface area contributed by atoms with E-state index in [1.165, 1.54) is 7.11 Å². The van der Waals surface area contributed by atoms with E-state index in [1.54, 1.807) is 0 Å². The number of nitrogens with two attached hydrogens (primary N) is 1. The van der Waals surface area contributed by atoms with Crippen LogP contribution in [0.15, 0.2) is 0 Å². The first kappa shape index (κ1) is 10.9. The molecule has 0 amide bonds. The number of hydrogen-bond donors (Lipinski definition) is 1. The second-order valence-corrected chi connectivity index (χ2v) is 2.24. The van der Waals surface area contributed by atoms with E-state index in [0.29, 0.717) is 19.3 Å². The number of rotatable bonds is 6. The Morgan fingerprint density at radius 3 is 2.83 bits per heavy atom. The van der Waals surface area contributed by atoms with Gasteiger partial charge in [0.25, 0.3) is 6.47 Å². The van der Waals surface area contributed by atoms with Crippen LogP contribution >= 0.6 is 0 Å². The molecule has 0 heterocycles. The van der Waals surface area contributed by atoms with Crippen molar-refractivity contribution in [2.45, 2.75) is 18.9 Å². The molecule has 0 bridgehead atoms. The molecule has 0 aliphatic carbocycles. The minimum Gasteiger partial charge on any atom is -0.468 e. The zero-order chi connectivity index (χ0) is 9.40. The molecule has 0 aliphatic rings. The number of carbonyl (C=O) groups excluding carboxylic acids is 2. The lowest BCUT2D eigenvalue weighted by Gasteiger charge is -2.07. The lowest BCUT2D eigenvalue weighted by molar-refractivity contribution is -0.142.